The maximum absolute atomic E-state index is 9.70. The highest BCUT2D eigenvalue weighted by Gasteiger charge is 2.38. The van der Waals surface area contributed by atoms with Gasteiger partial charge in [0.25, 0.3) is 0 Å². The fourth-order valence-electron chi connectivity index (χ4n) is 3.06. The van der Waals surface area contributed by atoms with Crippen molar-refractivity contribution in [2.45, 2.75) is 39.2 Å². The summed E-state index contributed by atoms with van der Waals surface area (Å²) >= 11 is 0. The summed E-state index contributed by atoms with van der Waals surface area (Å²) in [7, 11) is 0. The Morgan fingerprint density at radius 3 is 2.60 bits per heavy atom. The lowest BCUT2D eigenvalue weighted by molar-refractivity contribution is 0.393. The molecular formula is C16H18N4. The van der Waals surface area contributed by atoms with Gasteiger partial charge in [-0.2, -0.15) is 10.4 Å². The van der Waals surface area contributed by atoms with Crippen molar-refractivity contribution in [3.8, 4) is 6.07 Å². The molecule has 1 heterocycles. The molecule has 0 amide bonds. The van der Waals surface area contributed by atoms with Gasteiger partial charge in [-0.3, -0.25) is 4.68 Å². The van der Waals surface area contributed by atoms with E-state index >= 15 is 0 Å². The van der Waals surface area contributed by atoms with Gasteiger partial charge >= 0.3 is 0 Å². The lowest BCUT2D eigenvalue weighted by atomic mass is 9.82. The van der Waals surface area contributed by atoms with E-state index in [-0.39, 0.29) is 5.41 Å². The highest BCUT2D eigenvalue weighted by atomic mass is 15.3. The molecule has 20 heavy (non-hydrogen) atoms. The predicted molar refractivity (Wildman–Crippen MR) is 75.9 cm³/mol. The molecule has 1 aromatic carbocycles. The average Bonchev–Trinajstić information content (AvgIpc) is 3.04. The Morgan fingerprint density at radius 2 is 2.00 bits per heavy atom. The monoisotopic (exact) mass is 266 g/mol. The zero-order valence-electron chi connectivity index (χ0n) is 11.7. The molecule has 0 atom stereocenters. The number of hydrogen-bond acceptors (Lipinski definition) is 3. The minimum absolute atomic E-state index is 0.359. The molecule has 0 unspecified atom stereocenters. The third-order valence-electron chi connectivity index (χ3n) is 4.04. The Bertz CT molecular complexity index is 625. The third-order valence-corrected chi connectivity index (χ3v) is 4.04. The number of rotatable bonds is 4. The minimum atomic E-state index is -0.359. The zero-order valence-corrected chi connectivity index (χ0v) is 11.7. The van der Waals surface area contributed by atoms with Crippen molar-refractivity contribution in [3.63, 3.8) is 0 Å². The van der Waals surface area contributed by atoms with Crippen molar-refractivity contribution in [3.05, 3.63) is 47.5 Å². The van der Waals surface area contributed by atoms with E-state index in [2.05, 4.69) is 35.2 Å². The van der Waals surface area contributed by atoms with Gasteiger partial charge in [0.15, 0.2) is 0 Å². The van der Waals surface area contributed by atoms with E-state index in [0.29, 0.717) is 6.42 Å². The summed E-state index contributed by atoms with van der Waals surface area (Å²) in [6.07, 6.45) is 4.93. The summed E-state index contributed by atoms with van der Waals surface area (Å²) in [5, 5.41) is 14.0. The zero-order chi connectivity index (χ0) is 14.0. The summed E-state index contributed by atoms with van der Waals surface area (Å²) in [5.41, 5.74) is 2.24. The van der Waals surface area contributed by atoms with E-state index in [1.165, 1.54) is 11.1 Å². The minimum Gasteiger partial charge on any atom is -0.250 e. The lowest BCUT2D eigenvalue weighted by Gasteiger charge is -2.19. The fraction of sp³-hybridized carbons (Fsp3) is 0.438. The molecule has 102 valence electrons. The summed E-state index contributed by atoms with van der Waals surface area (Å²) in [6, 6.07) is 10.9. The van der Waals surface area contributed by atoms with Gasteiger partial charge in [0.2, 0.25) is 0 Å². The highest BCUT2D eigenvalue weighted by molar-refractivity contribution is 5.37. The van der Waals surface area contributed by atoms with Crippen LogP contribution >= 0.6 is 0 Å². The molecule has 0 aliphatic heterocycles. The van der Waals surface area contributed by atoms with Crippen molar-refractivity contribution >= 4 is 0 Å². The van der Waals surface area contributed by atoms with E-state index < -0.39 is 0 Å². The van der Waals surface area contributed by atoms with Crippen molar-refractivity contribution in [2.75, 3.05) is 0 Å². The number of hydrogen-bond donors (Lipinski definition) is 0. The van der Waals surface area contributed by atoms with Gasteiger partial charge in [-0.1, -0.05) is 31.2 Å². The normalized spacial score (nSPS) is 15.8. The van der Waals surface area contributed by atoms with Gasteiger partial charge < -0.3 is 0 Å². The maximum Gasteiger partial charge on any atom is 0.138 e. The van der Waals surface area contributed by atoms with Crippen LogP contribution in [-0.4, -0.2) is 14.8 Å². The van der Waals surface area contributed by atoms with E-state index in [4.69, 9.17) is 0 Å². The molecule has 0 saturated heterocycles. The van der Waals surface area contributed by atoms with Crippen LogP contribution in [0.5, 0.6) is 0 Å². The van der Waals surface area contributed by atoms with E-state index in [1.807, 2.05) is 16.8 Å². The number of aryl methyl sites for hydroxylation is 1. The maximum atomic E-state index is 9.70. The van der Waals surface area contributed by atoms with Crippen molar-refractivity contribution in [1.82, 2.24) is 14.8 Å². The van der Waals surface area contributed by atoms with Gasteiger partial charge in [-0.05, 0) is 30.4 Å². The first kappa shape index (κ1) is 12.9. The Hall–Kier alpha value is -2.15. The Morgan fingerprint density at radius 1 is 1.30 bits per heavy atom. The van der Waals surface area contributed by atoms with Crippen LogP contribution in [0.3, 0.4) is 0 Å². The Kier molecular flexibility index (Phi) is 3.27. The Labute approximate surface area is 119 Å². The summed E-state index contributed by atoms with van der Waals surface area (Å²) in [5.74, 6) is 0.932. The van der Waals surface area contributed by atoms with Crippen LogP contribution in [0.2, 0.25) is 0 Å². The number of nitrogens with zero attached hydrogens (tertiary/aromatic N) is 4. The molecular weight excluding hydrogens is 248 g/mol. The van der Waals surface area contributed by atoms with Crippen LogP contribution in [0.4, 0.5) is 0 Å². The predicted octanol–water partition coefficient (Wildman–Crippen LogP) is 2.54. The first-order chi connectivity index (χ1) is 9.76. The second kappa shape index (κ2) is 5.09. The quantitative estimate of drug-likeness (QED) is 0.854. The molecule has 3 rings (SSSR count). The summed E-state index contributed by atoms with van der Waals surface area (Å²) < 4.78 is 1.93. The molecule has 1 aromatic heterocycles. The molecule has 0 bridgehead atoms. The van der Waals surface area contributed by atoms with Crippen LogP contribution in [0.25, 0.3) is 0 Å². The number of nitriles is 1. The van der Waals surface area contributed by atoms with Gasteiger partial charge in [0.1, 0.15) is 12.2 Å². The van der Waals surface area contributed by atoms with E-state index in [0.717, 1.165) is 31.6 Å². The average molecular weight is 266 g/mol. The molecule has 0 spiro atoms. The molecule has 4 heteroatoms. The molecule has 0 radical (unpaired) electrons. The largest absolute Gasteiger partial charge is 0.250 e. The van der Waals surface area contributed by atoms with Gasteiger partial charge in [0.05, 0.1) is 11.5 Å². The SMILES string of the molecule is CCCn1ncnc1CC1(C#N)Cc2ccccc2C1. The lowest BCUT2D eigenvalue weighted by Crippen LogP contribution is -2.24. The first-order valence-corrected chi connectivity index (χ1v) is 7.11. The van der Waals surface area contributed by atoms with E-state index in [9.17, 15) is 5.26 Å². The second-order valence-electron chi connectivity index (χ2n) is 5.59. The third kappa shape index (κ3) is 2.20. The molecule has 4 nitrogen and oxygen atoms in total. The fourth-order valence-corrected chi connectivity index (χ4v) is 3.06. The van der Waals surface area contributed by atoms with Crippen LogP contribution in [0.15, 0.2) is 30.6 Å². The summed E-state index contributed by atoms with van der Waals surface area (Å²) in [6.45, 7) is 2.99. The van der Waals surface area contributed by atoms with Crippen molar-refractivity contribution in [1.29, 1.82) is 5.26 Å². The molecule has 2 aromatic rings. The number of aromatic nitrogens is 3. The van der Waals surface area contributed by atoms with Crippen molar-refractivity contribution in [2.24, 2.45) is 5.41 Å². The van der Waals surface area contributed by atoms with Crippen LogP contribution in [-0.2, 0) is 25.8 Å². The molecule has 0 saturated carbocycles. The van der Waals surface area contributed by atoms with E-state index in [1.54, 1.807) is 6.33 Å². The van der Waals surface area contributed by atoms with Gasteiger partial charge in [-0.25, -0.2) is 4.98 Å². The molecule has 0 N–H and O–H groups in total. The van der Waals surface area contributed by atoms with Crippen LogP contribution < -0.4 is 0 Å². The topological polar surface area (TPSA) is 54.5 Å². The smallest absolute Gasteiger partial charge is 0.138 e. The van der Waals surface area contributed by atoms with Crippen LogP contribution in [0, 0.1) is 16.7 Å². The molecule has 1 aliphatic rings. The number of fused-ring (bicyclic) bond motifs is 1. The Balaban J connectivity index is 1.86. The molecule has 0 fully saturated rings. The second-order valence-corrected chi connectivity index (χ2v) is 5.59. The first-order valence-electron chi connectivity index (χ1n) is 7.11. The van der Waals surface area contributed by atoms with Gasteiger partial charge in [-0.15, -0.1) is 0 Å². The highest BCUT2D eigenvalue weighted by Crippen LogP contribution is 2.38. The standard InChI is InChI=1S/C16H18N4/c1-2-7-20-15(18-12-19-20)10-16(11-17)8-13-5-3-4-6-14(13)9-16/h3-6,12H,2,7-10H2,1H3. The molecule has 1 aliphatic carbocycles. The van der Waals surface area contributed by atoms with Crippen molar-refractivity contribution < 1.29 is 0 Å². The van der Waals surface area contributed by atoms with Gasteiger partial charge in [0, 0.05) is 13.0 Å². The van der Waals surface area contributed by atoms with Crippen LogP contribution in [0.1, 0.15) is 30.3 Å². The summed E-state index contributed by atoms with van der Waals surface area (Å²) in [4.78, 5) is 4.35. The number of benzene rings is 1.